The Morgan fingerprint density at radius 2 is 2.22 bits per heavy atom. The minimum Gasteiger partial charge on any atom is -0.507 e. The Balaban J connectivity index is 2.05. The van der Waals surface area contributed by atoms with Gasteiger partial charge in [0.2, 0.25) is 5.82 Å². The fourth-order valence-corrected chi connectivity index (χ4v) is 1.42. The molecule has 0 aliphatic carbocycles. The highest BCUT2D eigenvalue weighted by Crippen LogP contribution is 2.29. The Labute approximate surface area is 99.3 Å². The number of phenols is 1. The average Bonchev–Trinajstić information content (AvgIpc) is 3.00. The van der Waals surface area contributed by atoms with Gasteiger partial charge in [-0.2, -0.15) is 10.1 Å². The summed E-state index contributed by atoms with van der Waals surface area (Å²) in [6.07, 6.45) is 1.30. The van der Waals surface area contributed by atoms with Gasteiger partial charge in [0.05, 0.1) is 5.56 Å². The molecule has 7 nitrogen and oxygen atoms in total. The molecule has 2 N–H and O–H groups in total. The second-order valence-electron chi connectivity index (χ2n) is 3.42. The van der Waals surface area contributed by atoms with E-state index in [9.17, 15) is 9.50 Å². The highest BCUT2D eigenvalue weighted by molar-refractivity contribution is 5.63. The summed E-state index contributed by atoms with van der Waals surface area (Å²) < 4.78 is 18.0. The van der Waals surface area contributed by atoms with E-state index < -0.39 is 5.82 Å². The first-order chi connectivity index (χ1) is 8.74. The SMILES string of the molecule is Oc1ccc(F)cc1-c1nc(-c2ncn[nH]2)no1. The molecule has 0 amide bonds. The highest BCUT2D eigenvalue weighted by Gasteiger charge is 2.16. The third-order valence-electron chi connectivity index (χ3n) is 2.24. The number of nitrogens with one attached hydrogen (secondary N) is 1. The molecule has 0 radical (unpaired) electrons. The van der Waals surface area contributed by atoms with Crippen molar-refractivity contribution in [2.45, 2.75) is 0 Å². The van der Waals surface area contributed by atoms with Crippen molar-refractivity contribution in [3.8, 4) is 28.9 Å². The van der Waals surface area contributed by atoms with E-state index in [-0.39, 0.29) is 23.0 Å². The first-order valence-corrected chi connectivity index (χ1v) is 4.92. The van der Waals surface area contributed by atoms with Crippen molar-refractivity contribution in [1.29, 1.82) is 0 Å². The molecule has 90 valence electrons. The molecule has 0 bridgehead atoms. The average molecular weight is 247 g/mol. The van der Waals surface area contributed by atoms with Crippen LogP contribution in [0, 0.1) is 5.82 Å². The van der Waals surface area contributed by atoms with E-state index in [4.69, 9.17) is 4.52 Å². The summed E-state index contributed by atoms with van der Waals surface area (Å²) in [5.41, 5.74) is 0.119. The number of aromatic hydroxyl groups is 1. The molecule has 3 rings (SSSR count). The zero-order valence-electron chi connectivity index (χ0n) is 8.83. The minimum atomic E-state index is -0.512. The van der Waals surface area contributed by atoms with Gasteiger partial charge in [0.1, 0.15) is 17.9 Å². The molecular weight excluding hydrogens is 241 g/mol. The lowest BCUT2D eigenvalue weighted by Gasteiger charge is -1.98. The quantitative estimate of drug-likeness (QED) is 0.709. The number of benzene rings is 1. The zero-order chi connectivity index (χ0) is 12.5. The lowest BCUT2D eigenvalue weighted by Crippen LogP contribution is -1.84. The molecule has 0 aliphatic rings. The number of rotatable bonds is 2. The number of hydrogen-bond donors (Lipinski definition) is 2. The highest BCUT2D eigenvalue weighted by atomic mass is 19.1. The molecule has 8 heteroatoms. The van der Waals surface area contributed by atoms with Gasteiger partial charge >= 0.3 is 0 Å². The van der Waals surface area contributed by atoms with Gasteiger partial charge in [-0.05, 0) is 18.2 Å². The molecule has 0 saturated carbocycles. The molecule has 0 fully saturated rings. The molecule has 18 heavy (non-hydrogen) atoms. The monoisotopic (exact) mass is 247 g/mol. The van der Waals surface area contributed by atoms with Crippen LogP contribution in [-0.2, 0) is 0 Å². The van der Waals surface area contributed by atoms with Gasteiger partial charge in [0.25, 0.3) is 5.89 Å². The van der Waals surface area contributed by atoms with Crippen molar-refractivity contribution in [1.82, 2.24) is 25.3 Å². The summed E-state index contributed by atoms with van der Waals surface area (Å²) in [6.45, 7) is 0. The van der Waals surface area contributed by atoms with Crippen LogP contribution in [0.1, 0.15) is 0 Å². The minimum absolute atomic E-state index is 0.00148. The van der Waals surface area contributed by atoms with E-state index >= 15 is 0 Å². The number of nitrogens with zero attached hydrogens (tertiary/aromatic N) is 4. The van der Waals surface area contributed by atoms with Crippen LogP contribution in [0.25, 0.3) is 23.1 Å². The molecular formula is C10H6FN5O2. The van der Waals surface area contributed by atoms with Crippen LogP contribution in [0.15, 0.2) is 29.0 Å². The van der Waals surface area contributed by atoms with Crippen LogP contribution in [0.5, 0.6) is 5.75 Å². The van der Waals surface area contributed by atoms with Gasteiger partial charge in [-0.25, -0.2) is 9.37 Å². The van der Waals surface area contributed by atoms with Gasteiger partial charge in [-0.3, -0.25) is 5.10 Å². The van der Waals surface area contributed by atoms with Crippen LogP contribution in [-0.4, -0.2) is 30.4 Å². The fraction of sp³-hybridized carbons (Fsp3) is 0. The maximum atomic E-state index is 13.1. The Hall–Kier alpha value is -2.77. The molecule has 0 saturated heterocycles. The standard InChI is InChI=1S/C10H6FN5O2/c11-5-1-2-7(17)6(3-5)10-14-9(16-18-10)8-12-4-13-15-8/h1-4,17H,(H,12,13,15). The van der Waals surface area contributed by atoms with Gasteiger partial charge in [0.15, 0.2) is 5.82 Å². The molecule has 2 heterocycles. The first kappa shape index (κ1) is 10.4. The fourth-order valence-electron chi connectivity index (χ4n) is 1.42. The number of H-pyrrole nitrogens is 1. The second-order valence-corrected chi connectivity index (χ2v) is 3.42. The van der Waals surface area contributed by atoms with E-state index in [1.165, 1.54) is 12.4 Å². The molecule has 0 unspecified atom stereocenters. The van der Waals surface area contributed by atoms with Crippen LogP contribution in [0.3, 0.4) is 0 Å². The summed E-state index contributed by atoms with van der Waals surface area (Å²) >= 11 is 0. The predicted octanol–water partition coefficient (Wildman–Crippen LogP) is 1.37. The third kappa shape index (κ3) is 1.69. The molecule has 0 spiro atoms. The summed E-state index contributed by atoms with van der Waals surface area (Å²) in [7, 11) is 0. The maximum absolute atomic E-state index is 13.1. The molecule has 0 aliphatic heterocycles. The molecule has 1 aromatic carbocycles. The summed E-state index contributed by atoms with van der Waals surface area (Å²) in [6, 6.07) is 3.45. The van der Waals surface area contributed by atoms with Gasteiger partial charge < -0.3 is 9.63 Å². The Morgan fingerprint density at radius 3 is 3.00 bits per heavy atom. The van der Waals surface area contributed by atoms with Gasteiger partial charge in [-0.1, -0.05) is 5.16 Å². The lowest BCUT2D eigenvalue weighted by molar-refractivity contribution is 0.424. The zero-order valence-corrected chi connectivity index (χ0v) is 8.83. The largest absolute Gasteiger partial charge is 0.507 e. The van der Waals surface area contributed by atoms with Crippen molar-refractivity contribution in [2.75, 3.05) is 0 Å². The number of aromatic nitrogens is 5. The lowest BCUT2D eigenvalue weighted by atomic mass is 10.2. The van der Waals surface area contributed by atoms with Crippen molar-refractivity contribution >= 4 is 0 Å². The van der Waals surface area contributed by atoms with Crippen molar-refractivity contribution in [3.05, 3.63) is 30.3 Å². The maximum Gasteiger partial charge on any atom is 0.262 e. The van der Waals surface area contributed by atoms with E-state index in [0.29, 0.717) is 5.82 Å². The molecule has 3 aromatic rings. The summed E-state index contributed by atoms with van der Waals surface area (Å²) in [4.78, 5) is 7.83. The number of aromatic amines is 1. The van der Waals surface area contributed by atoms with E-state index in [2.05, 4.69) is 25.3 Å². The van der Waals surface area contributed by atoms with E-state index in [0.717, 1.165) is 12.1 Å². The van der Waals surface area contributed by atoms with Crippen molar-refractivity contribution in [2.24, 2.45) is 0 Å². The molecule has 0 atom stereocenters. The predicted molar refractivity (Wildman–Crippen MR) is 56.7 cm³/mol. The second kappa shape index (κ2) is 3.91. The van der Waals surface area contributed by atoms with Gasteiger partial charge in [-0.15, -0.1) is 0 Å². The van der Waals surface area contributed by atoms with Crippen LogP contribution >= 0.6 is 0 Å². The Morgan fingerprint density at radius 1 is 1.33 bits per heavy atom. The first-order valence-electron chi connectivity index (χ1n) is 4.92. The number of hydrogen-bond acceptors (Lipinski definition) is 6. The smallest absolute Gasteiger partial charge is 0.262 e. The summed E-state index contributed by atoms with van der Waals surface area (Å²) in [5, 5.41) is 19.5. The molecule has 2 aromatic heterocycles. The van der Waals surface area contributed by atoms with Crippen LogP contribution in [0.4, 0.5) is 4.39 Å². The normalized spacial score (nSPS) is 10.7. The van der Waals surface area contributed by atoms with Gasteiger partial charge in [0, 0.05) is 0 Å². The van der Waals surface area contributed by atoms with Crippen molar-refractivity contribution in [3.63, 3.8) is 0 Å². The number of phenolic OH excluding ortho intramolecular Hbond substituents is 1. The van der Waals surface area contributed by atoms with Crippen molar-refractivity contribution < 1.29 is 14.0 Å². The van der Waals surface area contributed by atoms with E-state index in [1.807, 2.05) is 0 Å². The van der Waals surface area contributed by atoms with E-state index in [1.54, 1.807) is 0 Å². The number of halogens is 1. The van der Waals surface area contributed by atoms with Crippen LogP contribution < -0.4 is 0 Å². The topological polar surface area (TPSA) is 101 Å². The third-order valence-corrected chi connectivity index (χ3v) is 2.24. The Kier molecular flexibility index (Phi) is 2.26. The van der Waals surface area contributed by atoms with Crippen LogP contribution in [0.2, 0.25) is 0 Å². The Bertz CT molecular complexity index is 679. The summed E-state index contributed by atoms with van der Waals surface area (Å²) in [5.74, 6) is -0.170.